The molecule has 4 N–H and O–H groups in total. The monoisotopic (exact) mass is 273 g/mol. The molecule has 7 nitrogen and oxygen atoms in total. The maximum Gasteiger partial charge on any atom is 0.319 e. The SMILES string of the molecule is O=C(CNC(=O)Nc1ccccc1)NCc1ccn[nH]1. The lowest BCUT2D eigenvalue weighted by Gasteiger charge is -2.07. The van der Waals surface area contributed by atoms with E-state index >= 15 is 0 Å². The summed E-state index contributed by atoms with van der Waals surface area (Å²) in [7, 11) is 0. The Morgan fingerprint density at radius 2 is 1.90 bits per heavy atom. The van der Waals surface area contributed by atoms with Crippen LogP contribution in [0.15, 0.2) is 42.6 Å². The number of nitrogens with zero attached hydrogens (tertiary/aromatic N) is 1. The van der Waals surface area contributed by atoms with E-state index in [2.05, 4.69) is 26.1 Å². The molecule has 1 aromatic heterocycles. The van der Waals surface area contributed by atoms with E-state index < -0.39 is 6.03 Å². The number of anilines is 1. The first kappa shape index (κ1) is 13.6. The fourth-order valence-corrected chi connectivity index (χ4v) is 1.50. The van der Waals surface area contributed by atoms with E-state index in [9.17, 15) is 9.59 Å². The molecule has 0 saturated heterocycles. The van der Waals surface area contributed by atoms with Gasteiger partial charge in [-0.15, -0.1) is 0 Å². The number of para-hydroxylation sites is 1. The van der Waals surface area contributed by atoms with E-state index in [1.165, 1.54) is 0 Å². The zero-order valence-corrected chi connectivity index (χ0v) is 10.7. The molecule has 2 aromatic rings. The zero-order valence-electron chi connectivity index (χ0n) is 10.7. The summed E-state index contributed by atoms with van der Waals surface area (Å²) >= 11 is 0. The summed E-state index contributed by atoms with van der Waals surface area (Å²) in [6.45, 7) is 0.258. The molecular weight excluding hydrogens is 258 g/mol. The summed E-state index contributed by atoms with van der Waals surface area (Å²) in [5, 5.41) is 14.2. The summed E-state index contributed by atoms with van der Waals surface area (Å²) in [5.74, 6) is -0.275. The van der Waals surface area contributed by atoms with Crippen molar-refractivity contribution in [2.24, 2.45) is 0 Å². The van der Waals surface area contributed by atoms with Gasteiger partial charge in [0.25, 0.3) is 0 Å². The number of nitrogens with one attached hydrogen (secondary N) is 4. The Bertz CT molecular complexity index is 553. The Labute approximate surface area is 115 Å². The smallest absolute Gasteiger partial charge is 0.319 e. The molecule has 104 valence electrons. The molecule has 2 rings (SSSR count). The van der Waals surface area contributed by atoms with Crippen LogP contribution < -0.4 is 16.0 Å². The summed E-state index contributed by atoms with van der Waals surface area (Å²) in [6, 6.07) is 10.3. The number of amides is 3. The second-order valence-electron chi connectivity index (χ2n) is 4.03. The molecule has 0 saturated carbocycles. The fraction of sp³-hybridized carbons (Fsp3) is 0.154. The van der Waals surface area contributed by atoms with Crippen molar-refractivity contribution in [2.75, 3.05) is 11.9 Å². The second-order valence-corrected chi connectivity index (χ2v) is 4.03. The van der Waals surface area contributed by atoms with Gasteiger partial charge in [-0.3, -0.25) is 9.89 Å². The first-order chi connectivity index (χ1) is 9.74. The Hall–Kier alpha value is -2.83. The molecule has 0 aliphatic rings. The van der Waals surface area contributed by atoms with E-state index in [0.29, 0.717) is 12.2 Å². The van der Waals surface area contributed by atoms with Gasteiger partial charge in [0.2, 0.25) is 5.91 Å². The van der Waals surface area contributed by atoms with Crippen LogP contribution in [0.4, 0.5) is 10.5 Å². The van der Waals surface area contributed by atoms with Crippen LogP contribution in [-0.2, 0) is 11.3 Å². The number of aromatic amines is 1. The molecule has 0 unspecified atom stereocenters. The topological polar surface area (TPSA) is 98.9 Å². The van der Waals surface area contributed by atoms with Crippen molar-refractivity contribution in [1.82, 2.24) is 20.8 Å². The van der Waals surface area contributed by atoms with Crippen LogP contribution >= 0.6 is 0 Å². The van der Waals surface area contributed by atoms with Gasteiger partial charge in [-0.2, -0.15) is 5.10 Å². The first-order valence-corrected chi connectivity index (χ1v) is 6.09. The maximum absolute atomic E-state index is 11.5. The van der Waals surface area contributed by atoms with Crippen molar-refractivity contribution in [3.63, 3.8) is 0 Å². The van der Waals surface area contributed by atoms with Gasteiger partial charge in [0, 0.05) is 11.9 Å². The van der Waals surface area contributed by atoms with Gasteiger partial charge in [0.1, 0.15) is 0 Å². The summed E-state index contributed by atoms with van der Waals surface area (Å²) < 4.78 is 0. The number of H-pyrrole nitrogens is 1. The highest BCUT2D eigenvalue weighted by molar-refractivity contribution is 5.92. The van der Waals surface area contributed by atoms with Crippen LogP contribution in [0.25, 0.3) is 0 Å². The molecule has 0 aliphatic carbocycles. The molecule has 20 heavy (non-hydrogen) atoms. The normalized spacial score (nSPS) is 9.80. The third-order valence-electron chi connectivity index (χ3n) is 2.48. The lowest BCUT2D eigenvalue weighted by atomic mass is 10.3. The molecule has 3 amide bonds. The predicted octanol–water partition coefficient (Wildman–Crippen LogP) is 0.848. The standard InChI is InChI=1S/C13H15N5O2/c19-12(14-8-11-6-7-16-18-11)9-15-13(20)17-10-4-2-1-3-5-10/h1-7H,8-9H2,(H,14,19)(H,16,18)(H2,15,17,20). The summed E-state index contributed by atoms with van der Waals surface area (Å²) in [4.78, 5) is 23.0. The zero-order chi connectivity index (χ0) is 14.2. The first-order valence-electron chi connectivity index (χ1n) is 6.09. The highest BCUT2D eigenvalue weighted by Crippen LogP contribution is 2.03. The number of hydrogen-bond donors (Lipinski definition) is 4. The Balaban J connectivity index is 1.66. The lowest BCUT2D eigenvalue weighted by Crippen LogP contribution is -2.38. The quantitative estimate of drug-likeness (QED) is 0.650. The molecule has 0 spiro atoms. The van der Waals surface area contributed by atoms with Crippen molar-refractivity contribution >= 4 is 17.6 Å². The summed E-state index contributed by atoms with van der Waals surface area (Å²) in [6.07, 6.45) is 1.60. The lowest BCUT2D eigenvalue weighted by molar-refractivity contribution is -0.120. The largest absolute Gasteiger partial charge is 0.349 e. The molecule has 1 aromatic carbocycles. The van der Waals surface area contributed by atoms with Crippen molar-refractivity contribution in [1.29, 1.82) is 0 Å². The van der Waals surface area contributed by atoms with Gasteiger partial charge in [-0.05, 0) is 18.2 Å². The van der Waals surface area contributed by atoms with Gasteiger partial charge in [-0.1, -0.05) is 18.2 Å². The van der Waals surface area contributed by atoms with Gasteiger partial charge in [0.15, 0.2) is 0 Å². The van der Waals surface area contributed by atoms with Crippen LogP contribution in [0.1, 0.15) is 5.69 Å². The van der Waals surface area contributed by atoms with Gasteiger partial charge >= 0.3 is 6.03 Å². The molecular formula is C13H15N5O2. The Morgan fingerprint density at radius 3 is 2.60 bits per heavy atom. The average Bonchev–Trinajstić information content (AvgIpc) is 2.97. The highest BCUT2D eigenvalue weighted by atomic mass is 16.2. The summed E-state index contributed by atoms with van der Waals surface area (Å²) in [5.41, 5.74) is 1.47. The maximum atomic E-state index is 11.5. The van der Waals surface area contributed by atoms with Crippen LogP contribution in [0.3, 0.4) is 0 Å². The molecule has 1 heterocycles. The number of carbonyl (C=O) groups is 2. The highest BCUT2D eigenvalue weighted by Gasteiger charge is 2.05. The van der Waals surface area contributed by atoms with Crippen molar-refractivity contribution in [3.8, 4) is 0 Å². The predicted molar refractivity (Wildman–Crippen MR) is 73.9 cm³/mol. The molecule has 0 atom stereocenters. The van der Waals surface area contributed by atoms with E-state index in [1.807, 2.05) is 18.2 Å². The fourth-order valence-electron chi connectivity index (χ4n) is 1.50. The van der Waals surface area contributed by atoms with Crippen LogP contribution in [-0.4, -0.2) is 28.7 Å². The molecule has 0 bridgehead atoms. The van der Waals surface area contributed by atoms with Crippen LogP contribution in [0, 0.1) is 0 Å². The minimum Gasteiger partial charge on any atom is -0.349 e. The minimum atomic E-state index is -0.423. The second kappa shape index (κ2) is 6.93. The Kier molecular flexibility index (Phi) is 4.71. The van der Waals surface area contributed by atoms with Gasteiger partial charge in [0.05, 0.1) is 18.8 Å². The number of urea groups is 1. The molecule has 7 heteroatoms. The van der Waals surface area contributed by atoms with E-state index in [4.69, 9.17) is 0 Å². The van der Waals surface area contributed by atoms with E-state index in [-0.39, 0.29) is 12.5 Å². The van der Waals surface area contributed by atoms with Crippen molar-refractivity contribution < 1.29 is 9.59 Å². The average molecular weight is 273 g/mol. The number of aromatic nitrogens is 2. The third-order valence-corrected chi connectivity index (χ3v) is 2.48. The number of rotatable bonds is 5. The third kappa shape index (κ3) is 4.45. The van der Waals surface area contributed by atoms with Crippen LogP contribution in [0.2, 0.25) is 0 Å². The number of benzene rings is 1. The Morgan fingerprint density at radius 1 is 1.10 bits per heavy atom. The number of hydrogen-bond acceptors (Lipinski definition) is 3. The molecule has 0 aliphatic heterocycles. The molecule has 0 radical (unpaired) electrons. The van der Waals surface area contributed by atoms with E-state index in [1.54, 1.807) is 24.4 Å². The van der Waals surface area contributed by atoms with Gasteiger partial charge in [-0.25, -0.2) is 4.79 Å². The molecule has 0 fully saturated rings. The van der Waals surface area contributed by atoms with Crippen molar-refractivity contribution in [3.05, 3.63) is 48.3 Å². The minimum absolute atomic E-state index is 0.0905. The van der Waals surface area contributed by atoms with Crippen LogP contribution in [0.5, 0.6) is 0 Å². The van der Waals surface area contributed by atoms with Crippen molar-refractivity contribution in [2.45, 2.75) is 6.54 Å². The van der Waals surface area contributed by atoms with E-state index in [0.717, 1.165) is 5.69 Å². The van der Waals surface area contributed by atoms with Gasteiger partial charge < -0.3 is 16.0 Å². The number of carbonyl (C=O) groups excluding carboxylic acids is 2.